The van der Waals surface area contributed by atoms with Crippen LogP contribution < -0.4 is 0 Å². The lowest BCUT2D eigenvalue weighted by atomic mass is 10.2. The van der Waals surface area contributed by atoms with E-state index in [0.29, 0.717) is 25.8 Å². The van der Waals surface area contributed by atoms with Crippen LogP contribution in [0.5, 0.6) is 0 Å². The van der Waals surface area contributed by atoms with Crippen LogP contribution in [0.3, 0.4) is 0 Å². The summed E-state index contributed by atoms with van der Waals surface area (Å²) >= 11 is 0. The van der Waals surface area contributed by atoms with Gasteiger partial charge in [0, 0.05) is 26.4 Å². The molecule has 3 heteroatoms. The molecule has 0 aliphatic carbocycles. The Hall–Kier alpha value is -1.64. The third kappa shape index (κ3) is 4.26. The van der Waals surface area contributed by atoms with Crippen LogP contribution in [-0.2, 0) is 16.1 Å². The molecule has 86 valence electrons. The molecule has 0 bridgehead atoms. The van der Waals surface area contributed by atoms with E-state index in [0.717, 1.165) is 11.8 Å². The summed E-state index contributed by atoms with van der Waals surface area (Å²) in [5.74, 6) is 0.0886. The van der Waals surface area contributed by atoms with Crippen molar-refractivity contribution in [2.24, 2.45) is 0 Å². The number of hydrogen-bond donors (Lipinski definition) is 0. The van der Waals surface area contributed by atoms with Crippen LogP contribution in [0.1, 0.15) is 24.8 Å². The third-order valence-corrected chi connectivity index (χ3v) is 2.40. The molecule has 0 radical (unpaired) electrons. The summed E-state index contributed by atoms with van der Waals surface area (Å²) in [4.78, 5) is 23.4. The first kappa shape index (κ1) is 12.4. The largest absolute Gasteiger partial charge is 0.341 e. The van der Waals surface area contributed by atoms with Crippen molar-refractivity contribution in [1.82, 2.24) is 4.90 Å². The maximum atomic E-state index is 11.6. The Bertz CT molecular complexity index is 335. The lowest BCUT2D eigenvalue weighted by Gasteiger charge is -2.16. The zero-order chi connectivity index (χ0) is 11.8. The third-order valence-electron chi connectivity index (χ3n) is 2.40. The van der Waals surface area contributed by atoms with Crippen molar-refractivity contribution in [3.05, 3.63) is 35.9 Å². The number of rotatable bonds is 6. The van der Waals surface area contributed by atoms with Crippen molar-refractivity contribution < 1.29 is 9.59 Å². The molecule has 0 heterocycles. The van der Waals surface area contributed by atoms with E-state index in [4.69, 9.17) is 0 Å². The highest BCUT2D eigenvalue weighted by Gasteiger charge is 2.08. The average molecular weight is 219 g/mol. The van der Waals surface area contributed by atoms with Crippen LogP contribution in [0.15, 0.2) is 30.3 Å². The van der Waals surface area contributed by atoms with Gasteiger partial charge in [0.2, 0.25) is 5.91 Å². The molecule has 1 amide bonds. The molecule has 0 saturated carbocycles. The van der Waals surface area contributed by atoms with E-state index in [1.807, 2.05) is 30.3 Å². The summed E-state index contributed by atoms with van der Waals surface area (Å²) in [5.41, 5.74) is 1.12. The first-order valence-corrected chi connectivity index (χ1v) is 5.45. The SMILES string of the molecule is CN(Cc1ccccc1)C(=O)CCCC=O. The summed E-state index contributed by atoms with van der Waals surface area (Å²) in [6.45, 7) is 0.626. The molecule has 0 aliphatic rings. The number of amides is 1. The first-order valence-electron chi connectivity index (χ1n) is 5.45. The fourth-order valence-corrected chi connectivity index (χ4v) is 1.47. The number of benzene rings is 1. The molecule has 1 rings (SSSR count). The lowest BCUT2D eigenvalue weighted by Crippen LogP contribution is -2.25. The van der Waals surface area contributed by atoms with Crippen LogP contribution in [0, 0.1) is 0 Å². The van der Waals surface area contributed by atoms with Crippen molar-refractivity contribution in [2.75, 3.05) is 7.05 Å². The number of carbonyl (C=O) groups is 2. The van der Waals surface area contributed by atoms with Crippen molar-refractivity contribution in [1.29, 1.82) is 0 Å². The molecular weight excluding hydrogens is 202 g/mol. The van der Waals surface area contributed by atoms with Crippen molar-refractivity contribution in [3.8, 4) is 0 Å². The lowest BCUT2D eigenvalue weighted by molar-refractivity contribution is -0.130. The van der Waals surface area contributed by atoms with Gasteiger partial charge in [-0.25, -0.2) is 0 Å². The van der Waals surface area contributed by atoms with Gasteiger partial charge < -0.3 is 9.69 Å². The van der Waals surface area contributed by atoms with E-state index in [1.54, 1.807) is 11.9 Å². The molecule has 3 nitrogen and oxygen atoms in total. The second-order valence-electron chi connectivity index (χ2n) is 3.79. The zero-order valence-electron chi connectivity index (χ0n) is 9.56. The first-order chi connectivity index (χ1) is 7.74. The van der Waals surface area contributed by atoms with Gasteiger partial charge >= 0.3 is 0 Å². The maximum absolute atomic E-state index is 11.6. The van der Waals surface area contributed by atoms with Crippen LogP contribution >= 0.6 is 0 Å². The Morgan fingerprint density at radius 1 is 1.31 bits per heavy atom. The minimum atomic E-state index is 0.0886. The van der Waals surface area contributed by atoms with E-state index in [2.05, 4.69) is 0 Å². The predicted octanol–water partition coefficient (Wildman–Crippen LogP) is 2.01. The van der Waals surface area contributed by atoms with Gasteiger partial charge in [0.25, 0.3) is 0 Å². The number of nitrogens with zero attached hydrogens (tertiary/aromatic N) is 1. The summed E-state index contributed by atoms with van der Waals surface area (Å²) < 4.78 is 0. The summed E-state index contributed by atoms with van der Waals surface area (Å²) in [6.07, 6.45) is 2.40. The maximum Gasteiger partial charge on any atom is 0.222 e. The van der Waals surface area contributed by atoms with Crippen LogP contribution in [0.4, 0.5) is 0 Å². The standard InChI is InChI=1S/C13H17NO2/c1-14(13(16)9-5-6-10-15)11-12-7-3-2-4-8-12/h2-4,7-8,10H,5-6,9,11H2,1H3. The second-order valence-corrected chi connectivity index (χ2v) is 3.79. The summed E-state index contributed by atoms with van der Waals surface area (Å²) in [7, 11) is 1.79. The Morgan fingerprint density at radius 3 is 2.62 bits per heavy atom. The number of unbranched alkanes of at least 4 members (excludes halogenated alkanes) is 1. The highest BCUT2D eigenvalue weighted by Crippen LogP contribution is 2.05. The topological polar surface area (TPSA) is 37.4 Å². The second kappa shape index (κ2) is 6.77. The Balaban J connectivity index is 2.37. The van der Waals surface area contributed by atoms with Crippen LogP contribution in [0.25, 0.3) is 0 Å². The van der Waals surface area contributed by atoms with Gasteiger partial charge in [-0.3, -0.25) is 4.79 Å². The van der Waals surface area contributed by atoms with Crippen LogP contribution in [0.2, 0.25) is 0 Å². The van der Waals surface area contributed by atoms with Gasteiger partial charge in [-0.05, 0) is 12.0 Å². The summed E-state index contributed by atoms with van der Waals surface area (Å²) in [5, 5.41) is 0. The van der Waals surface area contributed by atoms with E-state index in [-0.39, 0.29) is 5.91 Å². The molecule has 1 aromatic carbocycles. The Labute approximate surface area is 96.1 Å². The fraction of sp³-hybridized carbons (Fsp3) is 0.385. The highest BCUT2D eigenvalue weighted by atomic mass is 16.2. The minimum Gasteiger partial charge on any atom is -0.341 e. The molecule has 0 unspecified atom stereocenters. The predicted molar refractivity (Wildman–Crippen MR) is 62.8 cm³/mol. The van der Waals surface area contributed by atoms with Crippen LogP contribution in [-0.4, -0.2) is 24.1 Å². The van der Waals surface area contributed by atoms with E-state index in [9.17, 15) is 9.59 Å². The summed E-state index contributed by atoms with van der Waals surface area (Å²) in [6, 6.07) is 9.86. The molecule has 0 saturated heterocycles. The molecule has 0 aliphatic heterocycles. The van der Waals surface area contributed by atoms with E-state index >= 15 is 0 Å². The fourth-order valence-electron chi connectivity index (χ4n) is 1.47. The highest BCUT2D eigenvalue weighted by molar-refractivity contribution is 5.76. The molecule has 0 spiro atoms. The Kier molecular flexibility index (Phi) is 5.26. The molecule has 0 atom stereocenters. The molecule has 1 aromatic rings. The number of hydrogen-bond acceptors (Lipinski definition) is 2. The van der Waals surface area contributed by atoms with Crippen molar-refractivity contribution in [3.63, 3.8) is 0 Å². The number of aldehydes is 1. The van der Waals surface area contributed by atoms with Gasteiger partial charge in [0.05, 0.1) is 0 Å². The quantitative estimate of drug-likeness (QED) is 0.542. The molecular formula is C13H17NO2. The van der Waals surface area contributed by atoms with Gasteiger partial charge in [-0.1, -0.05) is 30.3 Å². The van der Waals surface area contributed by atoms with Gasteiger partial charge in [-0.15, -0.1) is 0 Å². The normalized spacial score (nSPS) is 9.81. The molecule has 0 N–H and O–H groups in total. The average Bonchev–Trinajstić information content (AvgIpc) is 2.30. The Morgan fingerprint density at radius 2 is 2.00 bits per heavy atom. The van der Waals surface area contributed by atoms with Gasteiger partial charge in [0.15, 0.2) is 0 Å². The monoisotopic (exact) mass is 219 g/mol. The molecule has 16 heavy (non-hydrogen) atoms. The van der Waals surface area contributed by atoms with Gasteiger partial charge in [0.1, 0.15) is 6.29 Å². The van der Waals surface area contributed by atoms with E-state index < -0.39 is 0 Å². The van der Waals surface area contributed by atoms with Crippen molar-refractivity contribution >= 4 is 12.2 Å². The smallest absolute Gasteiger partial charge is 0.222 e. The van der Waals surface area contributed by atoms with E-state index in [1.165, 1.54) is 0 Å². The number of carbonyl (C=O) groups excluding carboxylic acids is 2. The zero-order valence-corrected chi connectivity index (χ0v) is 9.56. The van der Waals surface area contributed by atoms with Crippen molar-refractivity contribution in [2.45, 2.75) is 25.8 Å². The minimum absolute atomic E-state index is 0.0886. The molecule has 0 fully saturated rings. The molecule has 0 aromatic heterocycles. The van der Waals surface area contributed by atoms with Gasteiger partial charge in [-0.2, -0.15) is 0 Å².